The van der Waals surface area contributed by atoms with Crippen LogP contribution in [-0.2, 0) is 64.0 Å². The lowest BCUT2D eigenvalue weighted by Crippen LogP contribution is -2.38. The van der Waals surface area contributed by atoms with E-state index in [0.717, 1.165) is 144 Å². The molecule has 0 spiro atoms. The van der Waals surface area contributed by atoms with Crippen LogP contribution in [0.1, 0.15) is 156 Å². The summed E-state index contributed by atoms with van der Waals surface area (Å²) in [7, 11) is 4.02. The summed E-state index contributed by atoms with van der Waals surface area (Å²) < 4.78 is 22.0. The van der Waals surface area contributed by atoms with E-state index in [1.54, 1.807) is 38.1 Å². The fraction of sp³-hybridized carbons (Fsp3) is 0.481. The molecular weight excluding hydrogens is 1290 g/mol. The van der Waals surface area contributed by atoms with Crippen LogP contribution < -0.4 is 18.9 Å². The average Bonchev–Trinajstić information content (AvgIpc) is 1.71. The van der Waals surface area contributed by atoms with E-state index in [2.05, 4.69) is 94.9 Å². The van der Waals surface area contributed by atoms with Crippen LogP contribution in [0.25, 0.3) is 43.6 Å². The number of likely N-dealkylation sites (N-methyl/N-ethyl adjacent to an activating group) is 3. The van der Waals surface area contributed by atoms with Gasteiger partial charge in [0.05, 0.1) is 25.7 Å². The van der Waals surface area contributed by atoms with Crippen molar-refractivity contribution >= 4 is 91.4 Å². The minimum atomic E-state index is -1.01. The molecule has 0 unspecified atom stereocenters. The summed E-state index contributed by atoms with van der Waals surface area (Å²) in [5.74, 6) is -3.41. The first-order valence-electron chi connectivity index (χ1n) is 35.0. The van der Waals surface area contributed by atoms with Crippen LogP contribution in [0.15, 0.2) is 97.6 Å². The highest BCUT2D eigenvalue weighted by atomic mass is 16.5. The molecule has 0 amide bonds. The van der Waals surface area contributed by atoms with E-state index in [0.29, 0.717) is 35.1 Å². The van der Waals surface area contributed by atoms with Crippen LogP contribution in [0.4, 0.5) is 0 Å². The first-order valence-corrected chi connectivity index (χ1v) is 35.0. The summed E-state index contributed by atoms with van der Waals surface area (Å²) in [6.07, 6.45) is 11.6. The van der Waals surface area contributed by atoms with Crippen molar-refractivity contribution < 1.29 is 77.7 Å². The lowest BCUT2D eigenvalue weighted by molar-refractivity contribution is -0.142. The van der Waals surface area contributed by atoms with Crippen molar-refractivity contribution in [3.8, 4) is 23.0 Å². The predicted octanol–water partition coefficient (Wildman–Crippen LogP) is 13.1. The quantitative estimate of drug-likeness (QED) is 0.0132. The number of carbonyl (C=O) groups excluding carboxylic acids is 4. The highest BCUT2D eigenvalue weighted by molar-refractivity contribution is 5.95. The molecule has 4 heterocycles. The molecule has 0 saturated carbocycles. The average molecular weight is 1400 g/mol. The lowest BCUT2D eigenvalue weighted by Gasteiger charge is -2.30. The minimum absolute atomic E-state index is 0.0292. The van der Waals surface area contributed by atoms with Crippen molar-refractivity contribution in [1.82, 2.24) is 39.5 Å². The first-order chi connectivity index (χ1) is 48.1. The number of hydrogen-bond donors (Lipinski definition) is 8. The number of aliphatic carboxylic acids is 4. The van der Waals surface area contributed by atoms with Gasteiger partial charge in [-0.3, -0.25) is 43.3 Å². The molecule has 8 N–H and O–H groups in total. The number of nitrogens with one attached hydrogen (secondary N) is 4. The third kappa shape index (κ3) is 27.3. The van der Waals surface area contributed by atoms with Crippen molar-refractivity contribution in [1.29, 1.82) is 0 Å². The largest absolute Gasteiger partial charge is 0.481 e. The van der Waals surface area contributed by atoms with E-state index in [4.69, 9.17) is 39.4 Å². The molecule has 0 aliphatic rings. The number of benzene rings is 4. The Balaban J connectivity index is 0.000000243. The number of aromatic amines is 4. The van der Waals surface area contributed by atoms with Crippen molar-refractivity contribution in [2.45, 2.75) is 171 Å². The summed E-state index contributed by atoms with van der Waals surface area (Å²) in [5, 5.41) is 38.6. The molecule has 0 atom stereocenters. The number of carbonyl (C=O) groups is 8. The number of hydrogen-bond acceptors (Lipinski definition) is 16. The van der Waals surface area contributed by atoms with Gasteiger partial charge in [0.15, 0.2) is 0 Å². The van der Waals surface area contributed by atoms with Gasteiger partial charge in [-0.25, -0.2) is 0 Å². The fourth-order valence-electron chi connectivity index (χ4n) is 11.9. The van der Waals surface area contributed by atoms with Gasteiger partial charge in [-0.2, -0.15) is 0 Å². The zero-order valence-corrected chi connectivity index (χ0v) is 60.9. The summed E-state index contributed by atoms with van der Waals surface area (Å²) >= 11 is 0. The molecule has 0 fully saturated rings. The number of esters is 4. The van der Waals surface area contributed by atoms with Gasteiger partial charge in [0, 0.05) is 132 Å². The zero-order valence-electron chi connectivity index (χ0n) is 60.9. The Morgan fingerprint density at radius 3 is 1.00 bits per heavy atom. The molecule has 8 aromatic rings. The van der Waals surface area contributed by atoms with Crippen molar-refractivity contribution in [3.63, 3.8) is 0 Å². The molecule has 0 aliphatic heterocycles. The minimum Gasteiger partial charge on any atom is -0.481 e. The number of rotatable bonds is 37. The summed E-state index contributed by atoms with van der Waals surface area (Å²) in [6.45, 7) is 28.5. The van der Waals surface area contributed by atoms with Crippen LogP contribution in [0.5, 0.6) is 23.0 Å². The van der Waals surface area contributed by atoms with Crippen molar-refractivity contribution in [3.05, 3.63) is 120 Å². The second-order valence-corrected chi connectivity index (χ2v) is 26.4. The lowest BCUT2D eigenvalue weighted by atomic mass is 9.86. The van der Waals surface area contributed by atoms with Crippen LogP contribution in [0.2, 0.25) is 0 Å². The third-order valence-corrected chi connectivity index (χ3v) is 17.2. The fourth-order valence-corrected chi connectivity index (χ4v) is 11.9. The van der Waals surface area contributed by atoms with Crippen LogP contribution >= 0.6 is 0 Å². The zero-order chi connectivity index (χ0) is 74.3. The predicted molar refractivity (Wildman–Crippen MR) is 392 cm³/mol. The van der Waals surface area contributed by atoms with E-state index < -0.39 is 53.2 Å². The number of ether oxygens (including phenoxy) is 4. The molecule has 0 radical (unpaired) electrons. The van der Waals surface area contributed by atoms with E-state index in [9.17, 15) is 38.4 Å². The molecule has 101 heavy (non-hydrogen) atoms. The molecule has 0 aliphatic carbocycles. The molecule has 0 bridgehead atoms. The van der Waals surface area contributed by atoms with Gasteiger partial charge >= 0.3 is 47.8 Å². The van der Waals surface area contributed by atoms with Crippen molar-refractivity contribution in [2.75, 3.05) is 66.5 Å². The maximum Gasteiger partial charge on any atom is 0.311 e. The number of fused-ring (bicyclic) bond motifs is 4. The summed E-state index contributed by atoms with van der Waals surface area (Å²) in [5.41, 5.74) is 7.47. The van der Waals surface area contributed by atoms with Crippen LogP contribution in [0.3, 0.4) is 0 Å². The Kier molecular flexibility index (Phi) is 33.7. The molecule has 550 valence electrons. The van der Waals surface area contributed by atoms with E-state index in [1.807, 2.05) is 87.4 Å². The SMILES string of the molecule is CC(C)N(CCc1c[nH]c2cccc(OC(=O)CC(C)(C)CC(=O)O)c12)C(C)C.CCN(CC)CCc1c[nH]c2cccc(OC(=O)CCC(=O)O)c12.CCN(CC)CCc1c[nH]c2cccc(OC(=O)CCCC(=O)O)c12.CN(C)CCc1c[nH]c2cccc(OC(=O)CCCC(=O)O)c12. The van der Waals surface area contributed by atoms with Gasteiger partial charge in [-0.15, -0.1) is 0 Å². The molecule has 4 aromatic heterocycles. The summed E-state index contributed by atoms with van der Waals surface area (Å²) in [6, 6.07) is 23.1. The number of nitrogens with zero attached hydrogens (tertiary/aromatic N) is 4. The Labute approximate surface area is 592 Å². The Hall–Kier alpha value is -9.36. The molecule has 4 aromatic carbocycles. The number of carboxylic acids is 4. The third-order valence-electron chi connectivity index (χ3n) is 17.2. The highest BCUT2D eigenvalue weighted by Gasteiger charge is 2.28. The van der Waals surface area contributed by atoms with Gasteiger partial charge < -0.3 is 74.0 Å². The van der Waals surface area contributed by atoms with E-state index in [-0.39, 0.29) is 64.2 Å². The second-order valence-electron chi connectivity index (χ2n) is 26.4. The number of H-pyrrole nitrogens is 4. The second kappa shape index (κ2) is 41.4. The Morgan fingerprint density at radius 1 is 0.396 bits per heavy atom. The maximum atomic E-state index is 12.5. The van der Waals surface area contributed by atoms with E-state index >= 15 is 0 Å². The van der Waals surface area contributed by atoms with Gasteiger partial charge in [0.1, 0.15) is 23.0 Å². The monoisotopic (exact) mass is 1400 g/mol. The number of aromatic nitrogens is 4. The van der Waals surface area contributed by atoms with Crippen LogP contribution in [-0.4, -0.2) is 186 Å². The molecule has 24 heteroatoms. The first kappa shape index (κ1) is 82.3. The molecular formula is C77H106N8O16. The van der Waals surface area contributed by atoms with Gasteiger partial charge in [0.25, 0.3) is 0 Å². The van der Waals surface area contributed by atoms with Gasteiger partial charge in [-0.1, -0.05) is 65.8 Å². The normalized spacial score (nSPS) is 11.5. The highest BCUT2D eigenvalue weighted by Crippen LogP contribution is 2.35. The topological polar surface area (TPSA) is 331 Å². The summed E-state index contributed by atoms with van der Waals surface area (Å²) in [4.78, 5) is 113. The van der Waals surface area contributed by atoms with Crippen LogP contribution in [0, 0.1) is 5.41 Å². The van der Waals surface area contributed by atoms with Crippen molar-refractivity contribution in [2.24, 2.45) is 5.41 Å². The Bertz CT molecular complexity index is 3970. The van der Waals surface area contributed by atoms with E-state index in [1.165, 1.54) is 0 Å². The molecule has 24 nitrogen and oxygen atoms in total. The smallest absolute Gasteiger partial charge is 0.311 e. The standard InChI is InChI=1S/C23H34N2O4.C19H26N2O4.C18H24N2O4.C17H22N2O4/c1-15(2)25(16(3)4)11-10-17-14-24-18-8-7-9-19(22(17)18)29-21(28)13-23(5,6)12-20(26)27;1-3-21(4-2)12-11-14-13-20-15-7-5-8-16(19(14)15)25-18(24)10-6-9-17(22)23;1-3-20(4-2)11-10-13-12-19-14-6-5-7-15(18(13)14)24-17(23)9-8-16(21)22;1-19(2)10-9-12-11-18-13-5-3-6-14(17(12)13)23-16(22)8-4-7-15(20)21/h7-9,14-16,24H,10-13H2,1-6H3,(H,26,27);5,7-8,13,20H,3-4,6,9-12H2,1-2H3,(H,22,23);5-7,12,19H,3-4,8-11H2,1-2H3,(H,21,22);3,5-6,11,18H,4,7-10H2,1-2H3,(H,20,21). The molecule has 0 saturated heterocycles. The van der Waals surface area contributed by atoms with Gasteiger partial charge in [0.2, 0.25) is 0 Å². The molecule has 8 rings (SSSR count). The maximum absolute atomic E-state index is 12.5. The number of carboxylic acid groups (broad SMARTS) is 4. The Morgan fingerprint density at radius 2 is 0.703 bits per heavy atom. The van der Waals surface area contributed by atoms with Gasteiger partial charge in [-0.05, 0) is 183 Å².